The quantitative estimate of drug-likeness (QED) is 0.837. The van der Waals surface area contributed by atoms with Crippen LogP contribution in [0.25, 0.3) is 0 Å². The monoisotopic (exact) mass is 332 g/mol. The number of rotatable bonds is 2. The van der Waals surface area contributed by atoms with Gasteiger partial charge in [0.05, 0.1) is 0 Å². The van der Waals surface area contributed by atoms with Crippen molar-refractivity contribution in [1.82, 2.24) is 5.01 Å². The van der Waals surface area contributed by atoms with E-state index in [0.29, 0.717) is 22.0 Å². The molecule has 0 spiro atoms. The first kappa shape index (κ1) is 15.5. The van der Waals surface area contributed by atoms with Crippen LogP contribution in [0.4, 0.5) is 4.39 Å². The molecule has 3 rings (SSSR count). The number of hydrogen-bond acceptors (Lipinski definition) is 3. The lowest BCUT2D eigenvalue weighted by Gasteiger charge is -2.31. The molecule has 1 heterocycles. The Morgan fingerprint density at radius 2 is 1.78 bits per heavy atom. The summed E-state index contributed by atoms with van der Waals surface area (Å²) < 4.78 is 19.1. The van der Waals surface area contributed by atoms with Gasteiger partial charge in [-0.1, -0.05) is 23.7 Å². The maximum absolute atomic E-state index is 13.2. The Labute approximate surface area is 138 Å². The lowest BCUT2D eigenvalue weighted by atomic mass is 10.0. The van der Waals surface area contributed by atoms with Gasteiger partial charge < -0.3 is 4.74 Å². The van der Waals surface area contributed by atoms with E-state index in [4.69, 9.17) is 16.3 Å². The summed E-state index contributed by atoms with van der Waals surface area (Å²) in [6.07, 6.45) is 0. The molecule has 1 amide bonds. The summed E-state index contributed by atoms with van der Waals surface area (Å²) in [6, 6.07) is 12.7. The molecule has 0 unspecified atom stereocenters. The number of nitrogens with zero attached hydrogens (tertiary/aromatic N) is 2. The molecule has 2 aromatic rings. The highest BCUT2D eigenvalue weighted by Gasteiger charge is 2.44. The summed E-state index contributed by atoms with van der Waals surface area (Å²) in [7, 11) is 0. The summed E-state index contributed by atoms with van der Waals surface area (Å²) in [5.74, 6) is -0.326. The third kappa shape index (κ3) is 2.80. The van der Waals surface area contributed by atoms with E-state index in [1.807, 2.05) is 0 Å². The fraction of sp³-hybridized carbons (Fsp3) is 0.176. The van der Waals surface area contributed by atoms with Crippen LogP contribution in [-0.4, -0.2) is 16.8 Å². The van der Waals surface area contributed by atoms with Crippen LogP contribution >= 0.6 is 11.6 Å². The Morgan fingerprint density at radius 3 is 2.35 bits per heavy atom. The fourth-order valence-electron chi connectivity index (χ4n) is 2.46. The van der Waals surface area contributed by atoms with Gasteiger partial charge in [0.2, 0.25) is 17.5 Å². The van der Waals surface area contributed by atoms with E-state index in [9.17, 15) is 9.18 Å². The van der Waals surface area contributed by atoms with Crippen LogP contribution < -0.4 is 0 Å². The van der Waals surface area contributed by atoms with Crippen molar-refractivity contribution in [2.45, 2.75) is 19.6 Å². The van der Waals surface area contributed by atoms with Crippen molar-refractivity contribution in [3.8, 4) is 0 Å². The highest BCUT2D eigenvalue weighted by Crippen LogP contribution is 2.36. The zero-order chi connectivity index (χ0) is 16.6. The number of amides is 1. The summed E-state index contributed by atoms with van der Waals surface area (Å²) in [6.45, 7) is 3.12. The van der Waals surface area contributed by atoms with Crippen LogP contribution in [0.1, 0.15) is 25.0 Å². The maximum Gasteiger partial charge on any atom is 0.243 e. The van der Waals surface area contributed by atoms with Crippen LogP contribution in [-0.2, 0) is 15.3 Å². The third-order valence-corrected chi connectivity index (χ3v) is 3.91. The first-order valence-electron chi connectivity index (χ1n) is 7.00. The molecule has 4 nitrogen and oxygen atoms in total. The Bertz CT molecular complexity index is 774. The van der Waals surface area contributed by atoms with Crippen molar-refractivity contribution < 1.29 is 13.9 Å². The second kappa shape index (κ2) is 5.66. The molecule has 1 aliphatic rings. The minimum Gasteiger partial charge on any atom is -0.443 e. The van der Waals surface area contributed by atoms with E-state index in [-0.39, 0.29) is 11.7 Å². The van der Waals surface area contributed by atoms with Gasteiger partial charge in [-0.25, -0.2) is 4.39 Å². The predicted molar refractivity (Wildman–Crippen MR) is 85.3 cm³/mol. The Balaban J connectivity index is 2.01. The van der Waals surface area contributed by atoms with Gasteiger partial charge in [-0.05, 0) is 36.4 Å². The van der Waals surface area contributed by atoms with Gasteiger partial charge in [-0.3, -0.25) is 4.79 Å². The fourth-order valence-corrected chi connectivity index (χ4v) is 2.58. The molecule has 0 aromatic heterocycles. The topological polar surface area (TPSA) is 41.9 Å². The number of carbonyl (C=O) groups is 1. The summed E-state index contributed by atoms with van der Waals surface area (Å²) in [4.78, 5) is 12.0. The van der Waals surface area contributed by atoms with Gasteiger partial charge in [0.25, 0.3) is 0 Å². The third-order valence-electron chi connectivity index (χ3n) is 3.66. The van der Waals surface area contributed by atoms with Gasteiger partial charge in [-0.2, -0.15) is 5.01 Å². The average molecular weight is 333 g/mol. The molecule has 0 saturated carbocycles. The highest BCUT2D eigenvalue weighted by atomic mass is 35.5. The van der Waals surface area contributed by atoms with Crippen LogP contribution in [0.2, 0.25) is 5.02 Å². The number of hydrogen-bond donors (Lipinski definition) is 0. The van der Waals surface area contributed by atoms with Gasteiger partial charge in [0.15, 0.2) is 0 Å². The lowest BCUT2D eigenvalue weighted by Crippen LogP contribution is -2.41. The first-order chi connectivity index (χ1) is 10.9. The van der Waals surface area contributed by atoms with Crippen LogP contribution in [0.3, 0.4) is 0 Å². The summed E-state index contributed by atoms with van der Waals surface area (Å²) >= 11 is 5.88. The van der Waals surface area contributed by atoms with Crippen LogP contribution in [0.15, 0.2) is 53.6 Å². The smallest absolute Gasteiger partial charge is 0.243 e. The molecule has 1 aliphatic heterocycles. The molecule has 2 aromatic carbocycles. The molecule has 1 atom stereocenters. The maximum atomic E-state index is 13.2. The van der Waals surface area contributed by atoms with Crippen molar-refractivity contribution in [1.29, 1.82) is 0 Å². The SMILES string of the molecule is CC(=O)N1N=C(c2ccc(Cl)cc2)O[C@]1(C)c1ccc(F)cc1. The van der Waals surface area contributed by atoms with E-state index in [1.165, 1.54) is 24.1 Å². The Hall–Kier alpha value is -2.40. The standard InChI is InChI=1S/C17H14ClFN2O2/c1-11(22)21-17(2,13-5-9-15(19)10-6-13)23-16(20-21)12-3-7-14(18)8-4-12/h3-10H,1-2H3/t17-/m1/s1. The molecule has 6 heteroatoms. The highest BCUT2D eigenvalue weighted by molar-refractivity contribution is 6.30. The summed E-state index contributed by atoms with van der Waals surface area (Å²) in [5, 5.41) is 6.13. The minimum atomic E-state index is -1.13. The number of ether oxygens (including phenoxy) is 1. The van der Waals surface area contributed by atoms with Crippen LogP contribution in [0, 0.1) is 5.82 Å². The Morgan fingerprint density at radius 1 is 1.17 bits per heavy atom. The van der Waals surface area contributed by atoms with Crippen molar-refractivity contribution >= 4 is 23.4 Å². The average Bonchev–Trinajstić information content (AvgIpc) is 2.88. The largest absolute Gasteiger partial charge is 0.443 e. The van der Waals surface area contributed by atoms with E-state index in [2.05, 4.69) is 5.10 Å². The van der Waals surface area contributed by atoms with Crippen molar-refractivity contribution in [2.24, 2.45) is 5.10 Å². The van der Waals surface area contributed by atoms with Crippen molar-refractivity contribution in [2.75, 3.05) is 0 Å². The minimum absolute atomic E-state index is 0.277. The molecule has 0 radical (unpaired) electrons. The lowest BCUT2D eigenvalue weighted by molar-refractivity contribution is -0.146. The molecular formula is C17H14ClFN2O2. The first-order valence-corrected chi connectivity index (χ1v) is 7.38. The molecule has 0 bridgehead atoms. The van der Waals surface area contributed by atoms with Gasteiger partial charge in [0.1, 0.15) is 5.82 Å². The number of hydrazone groups is 1. The molecule has 0 aliphatic carbocycles. The molecule has 118 valence electrons. The number of carbonyl (C=O) groups excluding carboxylic acids is 1. The Kier molecular flexibility index (Phi) is 3.82. The van der Waals surface area contributed by atoms with Crippen LogP contribution in [0.5, 0.6) is 0 Å². The van der Waals surface area contributed by atoms with Gasteiger partial charge >= 0.3 is 0 Å². The van der Waals surface area contributed by atoms with Crippen molar-refractivity contribution in [3.63, 3.8) is 0 Å². The van der Waals surface area contributed by atoms with E-state index >= 15 is 0 Å². The number of halogens is 2. The second-order valence-electron chi connectivity index (χ2n) is 5.33. The zero-order valence-electron chi connectivity index (χ0n) is 12.6. The zero-order valence-corrected chi connectivity index (χ0v) is 13.3. The predicted octanol–water partition coefficient (Wildman–Crippen LogP) is 3.89. The molecular weight excluding hydrogens is 319 g/mol. The number of benzene rings is 2. The van der Waals surface area contributed by atoms with E-state index in [0.717, 1.165) is 0 Å². The second-order valence-corrected chi connectivity index (χ2v) is 5.77. The molecule has 0 fully saturated rings. The van der Waals surface area contributed by atoms with Crippen molar-refractivity contribution in [3.05, 3.63) is 70.5 Å². The van der Waals surface area contributed by atoms with E-state index < -0.39 is 5.72 Å². The molecule has 23 heavy (non-hydrogen) atoms. The molecule has 0 N–H and O–H groups in total. The van der Waals surface area contributed by atoms with E-state index in [1.54, 1.807) is 43.3 Å². The normalized spacial score (nSPS) is 20.2. The van der Waals surface area contributed by atoms with Gasteiger partial charge in [0, 0.05) is 30.0 Å². The summed E-state index contributed by atoms with van der Waals surface area (Å²) in [5.41, 5.74) is 0.197. The van der Waals surface area contributed by atoms with Gasteiger partial charge in [-0.15, -0.1) is 5.10 Å². The molecule has 0 saturated heterocycles.